The number of nitrogens with one attached hydrogen (secondary N) is 2. The number of carbonyl (C=O) groups is 1. The van der Waals surface area contributed by atoms with E-state index in [4.69, 9.17) is 4.42 Å². The highest BCUT2D eigenvalue weighted by Gasteiger charge is 2.37. The van der Waals surface area contributed by atoms with E-state index in [1.165, 1.54) is 43.4 Å². The van der Waals surface area contributed by atoms with E-state index in [0.29, 0.717) is 30.5 Å². The molecule has 0 spiro atoms. The Morgan fingerprint density at radius 2 is 2.10 bits per heavy atom. The van der Waals surface area contributed by atoms with E-state index in [1.807, 2.05) is 30.5 Å². The molecule has 2 aromatic rings. The van der Waals surface area contributed by atoms with Crippen LogP contribution in [0.1, 0.15) is 61.1 Å². The van der Waals surface area contributed by atoms with Gasteiger partial charge in [-0.05, 0) is 63.6 Å². The fourth-order valence-corrected chi connectivity index (χ4v) is 5.36. The van der Waals surface area contributed by atoms with E-state index < -0.39 is 0 Å². The van der Waals surface area contributed by atoms with E-state index >= 15 is 0 Å². The second-order valence-electron chi connectivity index (χ2n) is 8.64. The van der Waals surface area contributed by atoms with Gasteiger partial charge in [-0.25, -0.2) is 0 Å². The first-order valence-electron chi connectivity index (χ1n) is 10.8. The van der Waals surface area contributed by atoms with Crippen molar-refractivity contribution in [2.75, 3.05) is 18.4 Å². The lowest BCUT2D eigenvalue weighted by Crippen LogP contribution is -3.18. The first kappa shape index (κ1) is 19.8. The third kappa shape index (κ3) is 3.97. The Labute approximate surface area is 172 Å². The number of amides is 1. The number of hydrogen-bond acceptors (Lipinski definition) is 3. The number of anilines is 1. The summed E-state index contributed by atoms with van der Waals surface area (Å²) in [6.45, 7) is 5.97. The molecule has 2 fully saturated rings. The maximum atomic E-state index is 13.0. The minimum absolute atomic E-state index is 0.000850. The number of nitrogens with zero attached hydrogens (tertiary/aromatic N) is 2. The van der Waals surface area contributed by atoms with Crippen LogP contribution >= 0.6 is 0 Å². The second kappa shape index (κ2) is 8.46. The Hall–Kier alpha value is -2.52. The first-order valence-corrected chi connectivity index (χ1v) is 10.8. The molecule has 0 radical (unpaired) electrons. The minimum Gasteiger partial charge on any atom is -0.467 e. The highest BCUT2D eigenvalue weighted by Crippen LogP contribution is 2.29. The number of quaternary nitrogens is 1. The van der Waals surface area contributed by atoms with Crippen molar-refractivity contribution in [3.8, 4) is 6.07 Å². The largest absolute Gasteiger partial charge is 0.467 e. The Bertz CT molecular complexity index is 904. The first-order chi connectivity index (χ1) is 14.1. The lowest BCUT2D eigenvalue weighted by molar-refractivity contribution is -0.928. The number of furan rings is 1. The summed E-state index contributed by atoms with van der Waals surface area (Å²) in [7, 11) is 0. The van der Waals surface area contributed by atoms with Gasteiger partial charge < -0.3 is 19.2 Å². The topological polar surface area (TPSA) is 75.4 Å². The maximum absolute atomic E-state index is 13.0. The van der Waals surface area contributed by atoms with Crippen LogP contribution in [-0.2, 0) is 11.3 Å². The van der Waals surface area contributed by atoms with Gasteiger partial charge in [-0.2, -0.15) is 5.26 Å². The number of fused-ring (bicyclic) bond motifs is 1. The van der Waals surface area contributed by atoms with Gasteiger partial charge >= 0.3 is 0 Å². The molecule has 2 N–H and O–H groups in total. The molecule has 4 rings (SSSR count). The average molecular weight is 396 g/mol. The molecule has 3 atom stereocenters. The van der Waals surface area contributed by atoms with Gasteiger partial charge in [0.05, 0.1) is 31.0 Å². The number of hydrogen-bond donors (Lipinski definition) is 2. The highest BCUT2D eigenvalue weighted by molar-refractivity contribution is 5.92. The highest BCUT2D eigenvalue weighted by atomic mass is 16.3. The Balaban J connectivity index is 1.53. The average Bonchev–Trinajstić information content (AvgIpc) is 3.31. The molecule has 154 valence electrons. The van der Waals surface area contributed by atoms with Crippen molar-refractivity contribution in [3.05, 3.63) is 41.0 Å². The van der Waals surface area contributed by atoms with E-state index in [9.17, 15) is 10.1 Å². The number of rotatable bonds is 5. The molecule has 1 aliphatic heterocycles. The normalized spacial score (nSPS) is 24.0. The third-order valence-corrected chi connectivity index (χ3v) is 6.99. The Morgan fingerprint density at radius 1 is 1.31 bits per heavy atom. The van der Waals surface area contributed by atoms with Gasteiger partial charge in [0.15, 0.2) is 6.54 Å². The predicted molar refractivity (Wildman–Crippen MR) is 111 cm³/mol. The lowest BCUT2D eigenvalue weighted by atomic mass is 9.78. The summed E-state index contributed by atoms with van der Waals surface area (Å²) in [5, 5.41) is 12.8. The van der Waals surface area contributed by atoms with Crippen LogP contribution in [0, 0.1) is 31.1 Å². The zero-order chi connectivity index (χ0) is 20.4. The number of nitriles is 1. The van der Waals surface area contributed by atoms with Crippen molar-refractivity contribution in [2.24, 2.45) is 5.92 Å². The van der Waals surface area contributed by atoms with Crippen LogP contribution in [0.5, 0.6) is 0 Å². The van der Waals surface area contributed by atoms with Gasteiger partial charge in [0.25, 0.3) is 5.91 Å². The fourth-order valence-electron chi connectivity index (χ4n) is 5.36. The smallest absolute Gasteiger partial charge is 0.280 e. The molecule has 6 heteroatoms. The molecule has 29 heavy (non-hydrogen) atoms. The van der Waals surface area contributed by atoms with E-state index in [1.54, 1.807) is 6.26 Å². The van der Waals surface area contributed by atoms with E-state index in [2.05, 4.69) is 11.4 Å². The fraction of sp³-hybridized carbons (Fsp3) is 0.565. The van der Waals surface area contributed by atoms with Crippen LogP contribution in [0.3, 0.4) is 0 Å². The van der Waals surface area contributed by atoms with Gasteiger partial charge in [0, 0.05) is 11.6 Å². The summed E-state index contributed by atoms with van der Waals surface area (Å²) in [6, 6.07) is 6.67. The monoisotopic (exact) mass is 395 g/mol. The van der Waals surface area contributed by atoms with Gasteiger partial charge in [-0.15, -0.1) is 0 Å². The van der Waals surface area contributed by atoms with E-state index in [-0.39, 0.29) is 5.91 Å². The summed E-state index contributed by atoms with van der Waals surface area (Å²) >= 11 is 0. The number of likely N-dealkylation sites (tertiary alicyclic amines) is 1. The van der Waals surface area contributed by atoms with Crippen molar-refractivity contribution in [1.82, 2.24) is 4.57 Å². The van der Waals surface area contributed by atoms with Crippen molar-refractivity contribution < 1.29 is 14.1 Å². The molecular weight excluding hydrogens is 364 g/mol. The molecular formula is C23H31N4O2+. The summed E-state index contributed by atoms with van der Waals surface area (Å²) < 4.78 is 7.48. The molecule has 1 amide bonds. The quantitative estimate of drug-likeness (QED) is 0.817. The molecule has 2 aliphatic rings. The molecule has 6 nitrogen and oxygen atoms in total. The summed E-state index contributed by atoms with van der Waals surface area (Å²) in [5.41, 5.74) is 2.43. The molecule has 1 unspecified atom stereocenters. The molecule has 2 aromatic heterocycles. The predicted octanol–water partition coefficient (Wildman–Crippen LogP) is 2.79. The minimum atomic E-state index is 0.000850. The summed E-state index contributed by atoms with van der Waals surface area (Å²) in [4.78, 5) is 14.4. The van der Waals surface area contributed by atoms with Gasteiger partial charge in [0.1, 0.15) is 17.6 Å². The molecule has 0 aromatic carbocycles. The zero-order valence-corrected chi connectivity index (χ0v) is 17.5. The number of aromatic nitrogens is 1. The number of carbonyl (C=O) groups excluding carboxylic acids is 1. The van der Waals surface area contributed by atoms with Crippen molar-refractivity contribution >= 4 is 11.7 Å². The SMILES string of the molecule is Cc1c(C#N)c(NC(=O)C[NH+]2CCC[C@@H]3CCCC[C@@H]32)n(Cc2ccco2)c1C. The second-order valence-corrected chi connectivity index (χ2v) is 8.64. The molecule has 0 bridgehead atoms. The summed E-state index contributed by atoms with van der Waals surface area (Å²) in [5.74, 6) is 2.18. The van der Waals surface area contributed by atoms with Crippen LogP contribution in [0.2, 0.25) is 0 Å². The van der Waals surface area contributed by atoms with Crippen molar-refractivity contribution in [3.63, 3.8) is 0 Å². The van der Waals surface area contributed by atoms with Gasteiger partial charge in [-0.1, -0.05) is 6.42 Å². The van der Waals surface area contributed by atoms with Crippen LogP contribution in [0.15, 0.2) is 22.8 Å². The zero-order valence-electron chi connectivity index (χ0n) is 17.5. The molecule has 1 aliphatic carbocycles. The lowest BCUT2D eigenvalue weighted by Gasteiger charge is -2.40. The van der Waals surface area contributed by atoms with Gasteiger partial charge in [-0.3, -0.25) is 4.79 Å². The van der Waals surface area contributed by atoms with Gasteiger partial charge in [0.2, 0.25) is 0 Å². The molecule has 1 saturated heterocycles. The molecule has 1 saturated carbocycles. The standard InChI is InChI=1S/C23H30N4O2/c1-16-17(2)27(14-19-9-6-12-29-19)23(20(16)13-24)25-22(28)15-26-11-5-8-18-7-3-4-10-21(18)26/h6,9,12,18,21H,3-5,7-8,10-11,14-15H2,1-2H3,(H,25,28)/p+1/t18-,21-/m0/s1. The third-order valence-electron chi connectivity index (χ3n) is 6.99. The Kier molecular flexibility index (Phi) is 5.77. The van der Waals surface area contributed by atoms with Crippen molar-refractivity contribution in [2.45, 2.75) is 65.0 Å². The summed E-state index contributed by atoms with van der Waals surface area (Å²) in [6.07, 6.45) is 9.35. The Morgan fingerprint density at radius 3 is 2.86 bits per heavy atom. The van der Waals surface area contributed by atoms with Crippen molar-refractivity contribution in [1.29, 1.82) is 5.26 Å². The van der Waals surface area contributed by atoms with Crippen LogP contribution < -0.4 is 10.2 Å². The molecule has 3 heterocycles. The van der Waals surface area contributed by atoms with Crippen LogP contribution in [0.25, 0.3) is 0 Å². The van der Waals surface area contributed by atoms with Crippen LogP contribution in [0.4, 0.5) is 5.82 Å². The maximum Gasteiger partial charge on any atom is 0.280 e. The number of piperidine rings is 1. The van der Waals surface area contributed by atoms with E-state index in [0.717, 1.165) is 29.5 Å². The van der Waals surface area contributed by atoms with Crippen LogP contribution in [-0.4, -0.2) is 29.6 Å².